The number of esters is 2. The van der Waals surface area contributed by atoms with Crippen LogP contribution in [-0.2, 0) is 14.3 Å². The minimum atomic E-state index is -0.531. The second-order valence-electron chi connectivity index (χ2n) is 10.6. The van der Waals surface area contributed by atoms with Gasteiger partial charge in [-0.3, -0.25) is 9.59 Å². The third-order valence-electron chi connectivity index (χ3n) is 7.23. The monoisotopic (exact) mass is 562 g/mol. The molecule has 218 valence electrons. The molecule has 2 heterocycles. The van der Waals surface area contributed by atoms with Crippen molar-refractivity contribution in [2.45, 2.75) is 70.8 Å². The van der Waals surface area contributed by atoms with Gasteiger partial charge in [-0.1, -0.05) is 24.8 Å². The van der Waals surface area contributed by atoms with E-state index >= 15 is 0 Å². The van der Waals surface area contributed by atoms with Crippen molar-refractivity contribution in [2.75, 3.05) is 20.8 Å². The summed E-state index contributed by atoms with van der Waals surface area (Å²) < 4.78 is 28.9. The molecule has 2 aromatic carbocycles. The van der Waals surface area contributed by atoms with E-state index in [-0.39, 0.29) is 23.9 Å². The van der Waals surface area contributed by atoms with Crippen LogP contribution in [0.3, 0.4) is 0 Å². The number of benzene rings is 2. The highest BCUT2D eigenvalue weighted by atomic mass is 16.5. The van der Waals surface area contributed by atoms with E-state index in [0.717, 1.165) is 17.6 Å². The van der Waals surface area contributed by atoms with Crippen LogP contribution in [0.15, 0.2) is 42.5 Å². The van der Waals surface area contributed by atoms with Crippen molar-refractivity contribution < 1.29 is 38.1 Å². The Morgan fingerprint density at radius 1 is 1.05 bits per heavy atom. The zero-order chi connectivity index (χ0) is 29.5. The van der Waals surface area contributed by atoms with Gasteiger partial charge in [-0.15, -0.1) is 0 Å². The van der Waals surface area contributed by atoms with Gasteiger partial charge in [-0.25, -0.2) is 4.79 Å². The van der Waals surface area contributed by atoms with Gasteiger partial charge in [0.2, 0.25) is 0 Å². The average molecular weight is 563 g/mol. The third-order valence-corrected chi connectivity index (χ3v) is 7.23. The average Bonchev–Trinajstić information content (AvgIpc) is 2.93. The smallest absolute Gasteiger partial charge is 0.342 e. The molecule has 0 N–H and O–H groups in total. The summed E-state index contributed by atoms with van der Waals surface area (Å²) >= 11 is 0. The summed E-state index contributed by atoms with van der Waals surface area (Å²) in [5, 5.41) is 0. The number of carbonyl (C=O) groups is 3. The first kappa shape index (κ1) is 29.9. The lowest BCUT2D eigenvalue weighted by Gasteiger charge is -2.29. The molecule has 0 amide bonds. The van der Waals surface area contributed by atoms with Crippen LogP contribution >= 0.6 is 0 Å². The Bertz CT molecular complexity index is 1360. The Hall–Kier alpha value is -4.07. The molecule has 41 heavy (non-hydrogen) atoms. The topological polar surface area (TPSA) is 97.4 Å². The molecule has 0 fully saturated rings. The largest absolute Gasteiger partial charge is 0.495 e. The molecule has 0 spiro atoms. The van der Waals surface area contributed by atoms with Crippen LogP contribution in [0.4, 0.5) is 0 Å². The minimum Gasteiger partial charge on any atom is -0.495 e. The lowest BCUT2D eigenvalue weighted by molar-refractivity contribution is -0.135. The molecule has 0 bridgehead atoms. The van der Waals surface area contributed by atoms with Gasteiger partial charge < -0.3 is 23.7 Å². The maximum absolute atomic E-state index is 13.6. The van der Waals surface area contributed by atoms with E-state index in [1.165, 1.54) is 7.11 Å². The number of Topliss-reactive ketones (excluding diaryl/α,β-unsaturated/α-hetero) is 1. The molecule has 8 heteroatoms. The van der Waals surface area contributed by atoms with Crippen LogP contribution in [0.5, 0.6) is 23.0 Å². The molecule has 0 saturated carbocycles. The van der Waals surface area contributed by atoms with Crippen LogP contribution in [0.25, 0.3) is 6.08 Å². The quantitative estimate of drug-likeness (QED) is 0.221. The molecule has 0 saturated heterocycles. The molecule has 2 aromatic rings. The Morgan fingerprint density at radius 2 is 1.83 bits per heavy atom. The zero-order valence-electron chi connectivity index (χ0n) is 24.2. The summed E-state index contributed by atoms with van der Waals surface area (Å²) in [7, 11) is 3.05. The fourth-order valence-electron chi connectivity index (χ4n) is 5.22. The van der Waals surface area contributed by atoms with Crippen molar-refractivity contribution in [1.82, 2.24) is 0 Å². The van der Waals surface area contributed by atoms with E-state index in [1.54, 1.807) is 25.3 Å². The van der Waals surface area contributed by atoms with E-state index < -0.39 is 17.9 Å². The molecule has 4 rings (SSSR count). The van der Waals surface area contributed by atoms with E-state index in [1.807, 2.05) is 32.1 Å². The van der Waals surface area contributed by atoms with Crippen molar-refractivity contribution in [3.05, 3.63) is 64.7 Å². The normalized spacial score (nSPS) is 20.4. The Kier molecular flexibility index (Phi) is 9.86. The SMILES string of the molecule is C=C(C)COc1ccc(C2CC(=O)Oc3cc4c(c(OC)c32)C(=O)O[C@@H](C)CCCC(=O)CCC/C=C/4)cc1OC. The number of cyclic esters (lactones) is 1. The van der Waals surface area contributed by atoms with Crippen LogP contribution in [0, 0.1) is 0 Å². The van der Waals surface area contributed by atoms with Crippen molar-refractivity contribution in [1.29, 1.82) is 0 Å². The van der Waals surface area contributed by atoms with Crippen LogP contribution in [0.2, 0.25) is 0 Å². The van der Waals surface area contributed by atoms with Crippen molar-refractivity contribution in [3.63, 3.8) is 0 Å². The molecule has 2 aliphatic rings. The number of ketones is 1. The van der Waals surface area contributed by atoms with Gasteiger partial charge in [0.05, 0.1) is 26.7 Å². The van der Waals surface area contributed by atoms with Crippen LogP contribution < -0.4 is 18.9 Å². The molecule has 1 unspecified atom stereocenters. The molecule has 0 radical (unpaired) electrons. The van der Waals surface area contributed by atoms with E-state index in [2.05, 4.69) is 6.58 Å². The maximum atomic E-state index is 13.6. The summed E-state index contributed by atoms with van der Waals surface area (Å²) in [6.45, 7) is 7.92. The molecule has 2 aliphatic heterocycles. The van der Waals surface area contributed by atoms with Crippen molar-refractivity contribution in [3.8, 4) is 23.0 Å². The van der Waals surface area contributed by atoms with Crippen LogP contribution in [-0.4, -0.2) is 44.7 Å². The maximum Gasteiger partial charge on any atom is 0.342 e. The summed E-state index contributed by atoms with van der Waals surface area (Å²) in [6.07, 6.45) is 6.98. The van der Waals surface area contributed by atoms with Gasteiger partial charge in [-0.05, 0) is 74.4 Å². The lowest BCUT2D eigenvalue weighted by Crippen LogP contribution is -2.24. The standard InChI is InChI=1S/C33H38O8/c1-20(2)19-39-26-15-14-22(16-27(26)37-4)25-18-29(35)41-28-17-23-11-7-6-8-12-24(34)13-9-10-21(3)40-33(36)30(23)32(38-5)31(25)28/h7,11,14-17,21,25H,1,6,8-10,12-13,18-19H2,2-5H3/b11-7+/t21-,25?/m0/s1. The zero-order valence-corrected chi connectivity index (χ0v) is 24.2. The number of hydrogen-bond donors (Lipinski definition) is 0. The second kappa shape index (κ2) is 13.5. The molecular formula is C33H38O8. The number of fused-ring (bicyclic) bond motifs is 2. The molecule has 8 nitrogen and oxygen atoms in total. The summed E-state index contributed by atoms with van der Waals surface area (Å²) in [6, 6.07) is 7.19. The summed E-state index contributed by atoms with van der Waals surface area (Å²) in [5.74, 6) is 0.516. The molecule has 2 atom stereocenters. The number of hydrogen-bond acceptors (Lipinski definition) is 8. The first-order valence-electron chi connectivity index (χ1n) is 14.0. The molecule has 0 aromatic heterocycles. The fourth-order valence-corrected chi connectivity index (χ4v) is 5.22. The summed E-state index contributed by atoms with van der Waals surface area (Å²) in [4.78, 5) is 38.6. The predicted octanol–water partition coefficient (Wildman–Crippen LogP) is 6.58. The highest BCUT2D eigenvalue weighted by Gasteiger charge is 2.36. The van der Waals surface area contributed by atoms with Gasteiger partial charge in [0.15, 0.2) is 11.5 Å². The molecular weight excluding hydrogens is 524 g/mol. The van der Waals surface area contributed by atoms with Gasteiger partial charge in [0.25, 0.3) is 0 Å². The fraction of sp³-hybridized carbons (Fsp3) is 0.424. The first-order valence-corrected chi connectivity index (χ1v) is 14.0. The lowest BCUT2D eigenvalue weighted by atomic mass is 9.83. The van der Waals surface area contributed by atoms with E-state index in [9.17, 15) is 14.4 Å². The first-order chi connectivity index (χ1) is 19.7. The van der Waals surface area contributed by atoms with Gasteiger partial charge >= 0.3 is 11.9 Å². The van der Waals surface area contributed by atoms with Gasteiger partial charge in [-0.2, -0.15) is 0 Å². The second-order valence-corrected chi connectivity index (χ2v) is 10.6. The molecule has 0 aliphatic carbocycles. The number of methoxy groups -OCH3 is 2. The highest BCUT2D eigenvalue weighted by molar-refractivity contribution is 5.99. The van der Waals surface area contributed by atoms with Gasteiger partial charge in [0, 0.05) is 24.3 Å². The third kappa shape index (κ3) is 7.17. The minimum absolute atomic E-state index is 0.0482. The summed E-state index contributed by atoms with van der Waals surface area (Å²) in [5.41, 5.74) is 3.04. The van der Waals surface area contributed by atoms with Crippen molar-refractivity contribution in [2.24, 2.45) is 0 Å². The Balaban J connectivity index is 1.82. The van der Waals surface area contributed by atoms with Crippen molar-refractivity contribution >= 4 is 23.8 Å². The van der Waals surface area contributed by atoms with Crippen LogP contribution in [0.1, 0.15) is 91.8 Å². The van der Waals surface area contributed by atoms with Gasteiger partial charge in [0.1, 0.15) is 29.5 Å². The predicted molar refractivity (Wildman–Crippen MR) is 155 cm³/mol. The van der Waals surface area contributed by atoms with E-state index in [0.29, 0.717) is 72.8 Å². The highest BCUT2D eigenvalue weighted by Crippen LogP contribution is 2.48. The number of ether oxygens (including phenoxy) is 5. The Morgan fingerprint density at radius 3 is 2.56 bits per heavy atom. The Labute approximate surface area is 241 Å². The van der Waals surface area contributed by atoms with E-state index in [4.69, 9.17) is 23.7 Å². The number of rotatable bonds is 6. The number of carbonyl (C=O) groups excluding carboxylic acids is 3. The number of allylic oxidation sites excluding steroid dienone is 1.